The average molecular weight is 209 g/mol. The van der Waals surface area contributed by atoms with Crippen LogP contribution in [0.1, 0.15) is 5.56 Å². The summed E-state index contributed by atoms with van der Waals surface area (Å²) < 4.78 is 1.62. The molecule has 0 aliphatic rings. The van der Waals surface area contributed by atoms with Gasteiger partial charge in [-0.2, -0.15) is 5.10 Å². The van der Waals surface area contributed by atoms with Crippen LogP contribution in [0.5, 0.6) is 0 Å². The maximum Gasteiger partial charge on any atom is 0.328 e. The van der Waals surface area contributed by atoms with Gasteiger partial charge in [-0.15, -0.1) is 0 Å². The van der Waals surface area contributed by atoms with E-state index in [1.54, 1.807) is 24.1 Å². The SMILES string of the molecule is Cn1cc(CNC(=O)/C=C/C(=O)O)cn1. The molecule has 0 spiro atoms. The first-order valence-electron chi connectivity index (χ1n) is 4.24. The van der Waals surface area contributed by atoms with E-state index in [0.717, 1.165) is 17.7 Å². The standard InChI is InChI=1S/C9H11N3O3/c1-12-6-7(5-11-12)4-10-8(13)2-3-9(14)15/h2-3,5-6H,4H2,1H3,(H,10,13)(H,14,15)/b3-2+. The summed E-state index contributed by atoms with van der Waals surface area (Å²) in [5.41, 5.74) is 0.856. The van der Waals surface area contributed by atoms with Gasteiger partial charge in [0.15, 0.2) is 0 Å². The van der Waals surface area contributed by atoms with E-state index in [4.69, 9.17) is 5.11 Å². The first-order valence-corrected chi connectivity index (χ1v) is 4.24. The summed E-state index contributed by atoms with van der Waals surface area (Å²) >= 11 is 0. The van der Waals surface area contributed by atoms with Crippen LogP contribution in [0, 0.1) is 0 Å². The highest BCUT2D eigenvalue weighted by molar-refractivity contribution is 5.93. The number of aliphatic carboxylic acids is 1. The molecule has 0 atom stereocenters. The minimum atomic E-state index is -1.15. The molecule has 0 fully saturated rings. The Morgan fingerprint density at radius 3 is 2.87 bits per heavy atom. The number of hydrogen-bond donors (Lipinski definition) is 2. The Kier molecular flexibility index (Phi) is 3.61. The molecular formula is C9H11N3O3. The molecule has 0 saturated carbocycles. The van der Waals surface area contributed by atoms with Crippen molar-refractivity contribution in [2.45, 2.75) is 6.54 Å². The fourth-order valence-electron chi connectivity index (χ4n) is 0.958. The molecule has 1 rings (SSSR count). The number of aryl methyl sites for hydroxylation is 1. The second-order valence-corrected chi connectivity index (χ2v) is 2.91. The second kappa shape index (κ2) is 4.94. The summed E-state index contributed by atoms with van der Waals surface area (Å²) in [7, 11) is 1.77. The lowest BCUT2D eigenvalue weighted by Crippen LogP contribution is -2.20. The van der Waals surface area contributed by atoms with Crippen LogP contribution in [-0.2, 0) is 23.2 Å². The van der Waals surface area contributed by atoms with Crippen LogP contribution in [0.25, 0.3) is 0 Å². The lowest BCUT2D eigenvalue weighted by atomic mass is 10.3. The molecule has 0 saturated heterocycles. The summed E-state index contributed by atoms with van der Waals surface area (Å²) in [6.07, 6.45) is 5.15. The van der Waals surface area contributed by atoms with Crippen molar-refractivity contribution in [3.8, 4) is 0 Å². The summed E-state index contributed by atoms with van der Waals surface area (Å²) in [6.45, 7) is 0.330. The number of aromatic nitrogens is 2. The second-order valence-electron chi connectivity index (χ2n) is 2.91. The summed E-state index contributed by atoms with van der Waals surface area (Å²) in [4.78, 5) is 21.1. The lowest BCUT2D eigenvalue weighted by Gasteiger charge is -1.97. The van der Waals surface area contributed by atoms with Crippen molar-refractivity contribution in [1.29, 1.82) is 0 Å². The number of rotatable bonds is 4. The number of nitrogens with one attached hydrogen (secondary N) is 1. The molecule has 15 heavy (non-hydrogen) atoms. The van der Waals surface area contributed by atoms with Gasteiger partial charge in [0.25, 0.3) is 0 Å². The van der Waals surface area contributed by atoms with Crippen LogP contribution < -0.4 is 5.32 Å². The van der Waals surface area contributed by atoms with Crippen LogP contribution >= 0.6 is 0 Å². The predicted molar refractivity (Wildman–Crippen MR) is 51.8 cm³/mol. The van der Waals surface area contributed by atoms with E-state index in [1.165, 1.54) is 0 Å². The highest BCUT2D eigenvalue weighted by Gasteiger charge is 1.99. The normalized spacial score (nSPS) is 10.5. The molecule has 6 heteroatoms. The van der Waals surface area contributed by atoms with Crippen molar-refractivity contribution in [2.24, 2.45) is 7.05 Å². The summed E-state index contributed by atoms with van der Waals surface area (Å²) in [5, 5.41) is 14.7. The molecule has 0 aliphatic carbocycles. The number of carbonyl (C=O) groups is 2. The maximum atomic E-state index is 11.0. The van der Waals surface area contributed by atoms with Gasteiger partial charge in [0.2, 0.25) is 5.91 Å². The molecule has 0 unspecified atom stereocenters. The van der Waals surface area contributed by atoms with Gasteiger partial charge in [0.05, 0.1) is 6.20 Å². The summed E-state index contributed by atoms with van der Waals surface area (Å²) in [6, 6.07) is 0. The van der Waals surface area contributed by atoms with Crippen LogP contribution in [0.3, 0.4) is 0 Å². The quantitative estimate of drug-likeness (QED) is 0.665. The average Bonchev–Trinajstić information content (AvgIpc) is 2.58. The van der Waals surface area contributed by atoms with Gasteiger partial charge < -0.3 is 10.4 Å². The lowest BCUT2D eigenvalue weighted by molar-refractivity contribution is -0.131. The van der Waals surface area contributed by atoms with Crippen LogP contribution in [0.15, 0.2) is 24.5 Å². The van der Waals surface area contributed by atoms with Crippen molar-refractivity contribution in [1.82, 2.24) is 15.1 Å². The Hall–Kier alpha value is -2.11. The summed E-state index contributed by atoms with van der Waals surface area (Å²) in [5.74, 6) is -1.59. The zero-order valence-electron chi connectivity index (χ0n) is 8.17. The Balaban J connectivity index is 2.37. The molecule has 0 aromatic carbocycles. The van der Waals surface area contributed by atoms with Crippen LogP contribution in [0.4, 0.5) is 0 Å². The van der Waals surface area contributed by atoms with Gasteiger partial charge in [-0.3, -0.25) is 9.48 Å². The molecular weight excluding hydrogens is 198 g/mol. The predicted octanol–water partition coefficient (Wildman–Crippen LogP) is -0.323. The van der Waals surface area contributed by atoms with E-state index in [1.807, 2.05) is 0 Å². The molecule has 2 N–H and O–H groups in total. The highest BCUT2D eigenvalue weighted by atomic mass is 16.4. The third-order valence-corrected chi connectivity index (χ3v) is 1.60. The number of nitrogens with zero attached hydrogens (tertiary/aromatic N) is 2. The maximum absolute atomic E-state index is 11.0. The van der Waals surface area contributed by atoms with Crippen molar-refractivity contribution < 1.29 is 14.7 Å². The van der Waals surface area contributed by atoms with Crippen LogP contribution in [-0.4, -0.2) is 26.8 Å². The molecule has 80 valence electrons. The van der Waals surface area contributed by atoms with E-state index < -0.39 is 11.9 Å². The van der Waals surface area contributed by atoms with Gasteiger partial charge in [-0.05, 0) is 0 Å². The van der Waals surface area contributed by atoms with Gasteiger partial charge in [-0.1, -0.05) is 0 Å². The zero-order chi connectivity index (χ0) is 11.3. The molecule has 6 nitrogen and oxygen atoms in total. The van der Waals surface area contributed by atoms with Crippen molar-refractivity contribution >= 4 is 11.9 Å². The van der Waals surface area contributed by atoms with E-state index in [2.05, 4.69) is 10.4 Å². The Bertz CT molecular complexity index is 395. The molecule has 1 heterocycles. The third-order valence-electron chi connectivity index (χ3n) is 1.60. The van der Waals surface area contributed by atoms with Crippen molar-refractivity contribution in [2.75, 3.05) is 0 Å². The number of amides is 1. The first-order chi connectivity index (χ1) is 7.08. The number of carbonyl (C=O) groups excluding carboxylic acids is 1. The molecule has 0 radical (unpaired) electrons. The van der Waals surface area contributed by atoms with Gasteiger partial charge >= 0.3 is 5.97 Å². The topological polar surface area (TPSA) is 84.2 Å². The molecule has 0 bridgehead atoms. The molecule has 1 aromatic rings. The Morgan fingerprint density at radius 1 is 1.60 bits per heavy atom. The Labute approximate surface area is 86.2 Å². The highest BCUT2D eigenvalue weighted by Crippen LogP contribution is 1.94. The van der Waals surface area contributed by atoms with Crippen LogP contribution in [0.2, 0.25) is 0 Å². The van der Waals surface area contributed by atoms with Crippen molar-refractivity contribution in [3.05, 3.63) is 30.1 Å². The third kappa shape index (κ3) is 4.08. The number of carboxylic acids is 1. The van der Waals surface area contributed by atoms with Crippen molar-refractivity contribution in [3.63, 3.8) is 0 Å². The first kappa shape index (κ1) is 11.0. The number of hydrogen-bond acceptors (Lipinski definition) is 3. The molecule has 0 aliphatic heterocycles. The van der Waals surface area contributed by atoms with Gasteiger partial charge in [-0.25, -0.2) is 4.79 Å². The van der Waals surface area contributed by atoms with Gasteiger partial charge in [0.1, 0.15) is 0 Å². The molecule has 1 aromatic heterocycles. The molecule has 1 amide bonds. The fourth-order valence-corrected chi connectivity index (χ4v) is 0.958. The Morgan fingerprint density at radius 2 is 2.33 bits per heavy atom. The van der Waals surface area contributed by atoms with E-state index >= 15 is 0 Å². The van der Waals surface area contributed by atoms with E-state index in [0.29, 0.717) is 6.54 Å². The minimum absolute atomic E-state index is 0.330. The smallest absolute Gasteiger partial charge is 0.328 e. The fraction of sp³-hybridized carbons (Fsp3) is 0.222. The van der Waals surface area contributed by atoms with E-state index in [9.17, 15) is 9.59 Å². The van der Waals surface area contributed by atoms with E-state index in [-0.39, 0.29) is 0 Å². The monoisotopic (exact) mass is 209 g/mol. The number of carboxylic acid groups (broad SMARTS) is 1. The van der Waals surface area contributed by atoms with Gasteiger partial charge in [0, 0.05) is 37.5 Å². The zero-order valence-corrected chi connectivity index (χ0v) is 8.17. The largest absolute Gasteiger partial charge is 0.478 e. The minimum Gasteiger partial charge on any atom is -0.478 e.